The Hall–Kier alpha value is -4.31. The van der Waals surface area contributed by atoms with Gasteiger partial charge in [-0.2, -0.15) is 0 Å². The van der Waals surface area contributed by atoms with E-state index in [0.29, 0.717) is 25.3 Å². The summed E-state index contributed by atoms with van der Waals surface area (Å²) in [7, 11) is 4.82. The number of rotatable bonds is 9. The van der Waals surface area contributed by atoms with E-state index in [1.54, 1.807) is 39.7 Å². The normalized spacial score (nSPS) is 19.9. The molecule has 1 unspecified atom stereocenters. The average molecular weight is 561 g/mol. The molecular formula is C31H36N4O6. The molecule has 0 saturated carbocycles. The van der Waals surface area contributed by atoms with Crippen LogP contribution in [0.5, 0.6) is 11.5 Å². The van der Waals surface area contributed by atoms with Gasteiger partial charge in [0, 0.05) is 38.4 Å². The number of urea groups is 1. The number of fused-ring (bicyclic) bond motifs is 1. The first-order valence-electron chi connectivity index (χ1n) is 13.8. The molecule has 10 nitrogen and oxygen atoms in total. The van der Waals surface area contributed by atoms with Crippen molar-refractivity contribution in [2.75, 3.05) is 39.4 Å². The monoisotopic (exact) mass is 560 g/mol. The highest BCUT2D eigenvalue weighted by Gasteiger charge is 2.44. The molecule has 2 N–H and O–H groups in total. The van der Waals surface area contributed by atoms with Crippen LogP contribution in [0.3, 0.4) is 0 Å². The van der Waals surface area contributed by atoms with Gasteiger partial charge in [-0.05, 0) is 72.4 Å². The summed E-state index contributed by atoms with van der Waals surface area (Å²) in [5.74, 6) is 0.816. The third kappa shape index (κ3) is 6.07. The van der Waals surface area contributed by atoms with Crippen LogP contribution in [0, 0.1) is 0 Å². The van der Waals surface area contributed by atoms with Gasteiger partial charge in [0.05, 0.1) is 20.8 Å². The smallest absolute Gasteiger partial charge is 0.315 e. The molecular weight excluding hydrogens is 524 g/mol. The van der Waals surface area contributed by atoms with Crippen molar-refractivity contribution in [3.8, 4) is 11.5 Å². The number of nitrogens with zero attached hydrogens (tertiary/aromatic N) is 2. The quantitative estimate of drug-likeness (QED) is 0.417. The largest absolute Gasteiger partial charge is 0.497 e. The molecule has 1 aliphatic heterocycles. The summed E-state index contributed by atoms with van der Waals surface area (Å²) in [4.78, 5) is 41.8. The predicted octanol–water partition coefficient (Wildman–Crippen LogP) is 2.87. The van der Waals surface area contributed by atoms with Crippen molar-refractivity contribution in [1.82, 2.24) is 15.2 Å². The van der Waals surface area contributed by atoms with Crippen molar-refractivity contribution < 1.29 is 23.8 Å². The number of hydrogen-bond donors (Lipinski definition) is 2. The predicted molar refractivity (Wildman–Crippen MR) is 155 cm³/mol. The van der Waals surface area contributed by atoms with Gasteiger partial charge in [-0.3, -0.25) is 9.59 Å². The molecule has 216 valence electrons. The highest BCUT2D eigenvalue weighted by Crippen LogP contribution is 2.32. The van der Waals surface area contributed by atoms with Crippen LogP contribution >= 0.6 is 0 Å². The van der Waals surface area contributed by atoms with Crippen molar-refractivity contribution in [2.45, 2.75) is 43.8 Å². The SMILES string of the molecule is COCCn1cccc(N2C[C@@H](c3ccc(OC)cc3)[C@H](NC(=O)NC3CCc4cc(OC)ccc4C3)C2=O)c1=O. The summed E-state index contributed by atoms with van der Waals surface area (Å²) in [6.07, 6.45) is 3.98. The van der Waals surface area contributed by atoms with E-state index in [2.05, 4.69) is 10.6 Å². The van der Waals surface area contributed by atoms with Crippen molar-refractivity contribution in [3.63, 3.8) is 0 Å². The van der Waals surface area contributed by atoms with E-state index in [0.717, 1.165) is 24.2 Å². The Morgan fingerprint density at radius 3 is 2.44 bits per heavy atom. The topological polar surface area (TPSA) is 111 Å². The van der Waals surface area contributed by atoms with Crippen LogP contribution in [0.15, 0.2) is 65.6 Å². The second-order valence-corrected chi connectivity index (χ2v) is 10.4. The van der Waals surface area contributed by atoms with Gasteiger partial charge < -0.3 is 34.3 Å². The van der Waals surface area contributed by atoms with Gasteiger partial charge in [-0.15, -0.1) is 0 Å². The van der Waals surface area contributed by atoms with Crippen molar-refractivity contribution in [2.24, 2.45) is 0 Å². The second kappa shape index (κ2) is 12.5. The molecule has 10 heteroatoms. The lowest BCUT2D eigenvalue weighted by Crippen LogP contribution is -2.51. The number of hydrogen-bond acceptors (Lipinski definition) is 6. The zero-order valence-corrected chi connectivity index (χ0v) is 23.6. The third-order valence-corrected chi connectivity index (χ3v) is 7.95. The molecule has 1 fully saturated rings. The van der Waals surface area contributed by atoms with Crippen LogP contribution < -0.4 is 30.6 Å². The Morgan fingerprint density at radius 1 is 0.951 bits per heavy atom. The van der Waals surface area contributed by atoms with Gasteiger partial charge in [-0.1, -0.05) is 18.2 Å². The molecule has 0 radical (unpaired) electrons. The number of ether oxygens (including phenoxy) is 3. The summed E-state index contributed by atoms with van der Waals surface area (Å²) in [6.45, 7) is 0.988. The van der Waals surface area contributed by atoms with Gasteiger partial charge in [0.25, 0.3) is 11.5 Å². The maximum Gasteiger partial charge on any atom is 0.315 e. The fourth-order valence-corrected chi connectivity index (χ4v) is 5.71. The van der Waals surface area contributed by atoms with Gasteiger partial charge in [-0.25, -0.2) is 4.79 Å². The first-order chi connectivity index (χ1) is 19.9. The Labute approximate surface area is 239 Å². The molecule has 1 aromatic heterocycles. The molecule has 3 amide bonds. The lowest BCUT2D eigenvalue weighted by molar-refractivity contribution is -0.118. The minimum Gasteiger partial charge on any atom is -0.497 e. The van der Waals surface area contributed by atoms with Crippen molar-refractivity contribution >= 4 is 17.6 Å². The first kappa shape index (κ1) is 28.2. The second-order valence-electron chi connectivity index (χ2n) is 10.4. The number of amides is 3. The van der Waals surface area contributed by atoms with Crippen LogP contribution in [0.2, 0.25) is 0 Å². The molecule has 2 aromatic carbocycles. The Balaban J connectivity index is 1.36. The summed E-state index contributed by atoms with van der Waals surface area (Å²) in [6, 6.07) is 15.5. The minimum atomic E-state index is -0.851. The zero-order valence-electron chi connectivity index (χ0n) is 23.6. The standard InChI is InChI=1S/C31H36N4O6/c1-39-16-15-34-14-4-5-27(29(34)36)35-19-26(20-7-11-24(40-2)12-8-20)28(30(35)37)33-31(38)32-23-10-6-22-18-25(41-3)13-9-21(22)17-23/h4-5,7-9,11-14,18,23,26,28H,6,10,15-17,19H2,1-3H3,(H2,32,33,38)/t23?,26-,28-/m0/s1. The number of carbonyl (C=O) groups excluding carboxylic acids is 2. The minimum absolute atomic E-state index is 0.0648. The number of methoxy groups -OCH3 is 3. The Bertz CT molecular complexity index is 1450. The maximum atomic E-state index is 13.8. The number of anilines is 1. The highest BCUT2D eigenvalue weighted by molar-refractivity contribution is 6.02. The summed E-state index contributed by atoms with van der Waals surface area (Å²) in [5.41, 5.74) is 3.26. The lowest BCUT2D eigenvalue weighted by atomic mass is 9.88. The number of aryl methyl sites for hydroxylation is 1. The van der Waals surface area contributed by atoms with E-state index in [-0.39, 0.29) is 35.7 Å². The van der Waals surface area contributed by atoms with Gasteiger partial charge in [0.15, 0.2) is 0 Å². The average Bonchev–Trinajstić information content (AvgIpc) is 3.31. The van der Waals surface area contributed by atoms with Gasteiger partial charge >= 0.3 is 6.03 Å². The van der Waals surface area contributed by atoms with Crippen LogP contribution in [-0.2, 0) is 28.9 Å². The Morgan fingerprint density at radius 2 is 1.71 bits per heavy atom. The summed E-state index contributed by atoms with van der Waals surface area (Å²) < 4.78 is 17.3. The molecule has 3 aromatic rings. The zero-order chi connectivity index (χ0) is 28.9. The fourth-order valence-electron chi connectivity index (χ4n) is 5.71. The molecule has 3 atom stereocenters. The molecule has 2 heterocycles. The van der Waals surface area contributed by atoms with E-state index in [1.165, 1.54) is 20.6 Å². The van der Waals surface area contributed by atoms with E-state index in [4.69, 9.17) is 14.2 Å². The van der Waals surface area contributed by atoms with E-state index >= 15 is 0 Å². The summed E-state index contributed by atoms with van der Waals surface area (Å²) in [5, 5.41) is 6.01. The number of benzene rings is 2. The number of pyridine rings is 1. The van der Waals surface area contributed by atoms with E-state index < -0.39 is 12.1 Å². The number of carbonyl (C=O) groups is 2. The molecule has 2 aliphatic rings. The van der Waals surface area contributed by atoms with Gasteiger partial charge in [0.1, 0.15) is 23.2 Å². The van der Waals surface area contributed by atoms with Crippen LogP contribution in [0.25, 0.3) is 0 Å². The Kier molecular flexibility index (Phi) is 8.58. The molecule has 0 bridgehead atoms. The number of nitrogens with one attached hydrogen (secondary N) is 2. The fraction of sp³-hybridized carbons (Fsp3) is 0.387. The van der Waals surface area contributed by atoms with Crippen LogP contribution in [0.4, 0.5) is 10.5 Å². The van der Waals surface area contributed by atoms with Crippen molar-refractivity contribution in [1.29, 1.82) is 0 Å². The van der Waals surface area contributed by atoms with Crippen LogP contribution in [-0.4, -0.2) is 63.1 Å². The maximum absolute atomic E-state index is 13.8. The third-order valence-electron chi connectivity index (χ3n) is 7.95. The molecule has 0 spiro atoms. The molecule has 5 rings (SSSR count). The highest BCUT2D eigenvalue weighted by atomic mass is 16.5. The van der Waals surface area contributed by atoms with E-state index in [9.17, 15) is 14.4 Å². The van der Waals surface area contributed by atoms with Gasteiger partial charge in [0.2, 0.25) is 0 Å². The molecule has 1 saturated heterocycles. The van der Waals surface area contributed by atoms with Crippen molar-refractivity contribution in [3.05, 3.63) is 87.8 Å². The number of aromatic nitrogens is 1. The summed E-state index contributed by atoms with van der Waals surface area (Å²) >= 11 is 0. The lowest BCUT2D eigenvalue weighted by Gasteiger charge is -2.27. The van der Waals surface area contributed by atoms with Crippen LogP contribution in [0.1, 0.15) is 29.0 Å². The molecule has 1 aliphatic carbocycles. The first-order valence-corrected chi connectivity index (χ1v) is 13.8. The van der Waals surface area contributed by atoms with E-state index in [1.807, 2.05) is 42.5 Å². The molecule has 41 heavy (non-hydrogen) atoms.